The van der Waals surface area contributed by atoms with Crippen LogP contribution in [-0.2, 0) is 6.42 Å². The fraction of sp³-hybridized carbons (Fsp3) is 0.385. The molecule has 0 spiro atoms. The number of aryl methyl sites for hydroxylation is 1. The van der Waals surface area contributed by atoms with Gasteiger partial charge in [-0.25, -0.2) is 4.98 Å². The van der Waals surface area contributed by atoms with Crippen molar-refractivity contribution >= 4 is 17.2 Å². The molecule has 6 nitrogen and oxygen atoms in total. The number of nitrogens with zero attached hydrogens (tertiary/aromatic N) is 2. The first-order valence-electron chi connectivity index (χ1n) is 11.6. The average Bonchev–Trinajstić information content (AvgIpc) is 3.32. The summed E-state index contributed by atoms with van der Waals surface area (Å²) in [6, 6.07) is 16.5. The highest BCUT2D eigenvalue weighted by atomic mass is 32.1. The molecule has 5 rings (SSSR count). The summed E-state index contributed by atoms with van der Waals surface area (Å²) in [6.07, 6.45) is 4.56. The number of thiazole rings is 1. The van der Waals surface area contributed by atoms with Crippen molar-refractivity contribution < 1.29 is 14.3 Å². The number of fused-ring (bicyclic) bond motifs is 1. The Hall–Kier alpha value is -2.90. The van der Waals surface area contributed by atoms with Gasteiger partial charge in [-0.15, -0.1) is 0 Å². The van der Waals surface area contributed by atoms with Gasteiger partial charge in [0.25, 0.3) is 11.1 Å². The number of likely N-dealkylation sites (N-methyl/N-ethyl adjacent to an activating group) is 1. The molecule has 7 heteroatoms. The lowest BCUT2D eigenvalue weighted by atomic mass is 9.93. The van der Waals surface area contributed by atoms with E-state index in [1.165, 1.54) is 16.9 Å². The molecule has 3 atom stereocenters. The number of piperidine rings is 1. The minimum absolute atomic E-state index is 0.0281. The first-order chi connectivity index (χ1) is 16.1. The van der Waals surface area contributed by atoms with Gasteiger partial charge in [-0.2, -0.15) is 0 Å². The zero-order valence-electron chi connectivity index (χ0n) is 19.0. The molecule has 1 aromatic heterocycles. The Morgan fingerprint density at radius 3 is 2.88 bits per heavy atom. The van der Waals surface area contributed by atoms with Crippen LogP contribution >= 0.6 is 11.3 Å². The maximum absolute atomic E-state index is 13.0. The number of benzene rings is 2. The average molecular weight is 464 g/mol. The van der Waals surface area contributed by atoms with Crippen LogP contribution in [0.15, 0.2) is 54.7 Å². The van der Waals surface area contributed by atoms with E-state index in [1.807, 2.05) is 48.3 Å². The number of aromatic nitrogens is 1. The van der Waals surface area contributed by atoms with E-state index >= 15 is 0 Å². The summed E-state index contributed by atoms with van der Waals surface area (Å²) in [5.74, 6) is 2.21. The molecule has 172 valence electrons. The summed E-state index contributed by atoms with van der Waals surface area (Å²) in [5.41, 5.74) is 2.33. The lowest BCUT2D eigenvalue weighted by Crippen LogP contribution is -2.50. The van der Waals surface area contributed by atoms with Crippen LogP contribution in [-0.4, -0.2) is 42.0 Å². The number of hydrogen-bond acceptors (Lipinski definition) is 6. The van der Waals surface area contributed by atoms with Gasteiger partial charge in [0.2, 0.25) is 0 Å². The SMILES string of the molecule is CN[C@H]1CN(C(=O)c2cnc(Oc3ccc4c(c3)CC[C@@H](c3ccccc3)O4)s2)CC[C@H]1C. The van der Waals surface area contributed by atoms with Crippen LogP contribution in [0.25, 0.3) is 0 Å². The third kappa shape index (κ3) is 4.75. The van der Waals surface area contributed by atoms with E-state index in [1.54, 1.807) is 6.20 Å². The van der Waals surface area contributed by atoms with Crippen LogP contribution < -0.4 is 14.8 Å². The molecule has 33 heavy (non-hydrogen) atoms. The fourth-order valence-corrected chi connectivity index (χ4v) is 5.37. The number of nitrogens with one attached hydrogen (secondary N) is 1. The van der Waals surface area contributed by atoms with Crippen LogP contribution in [0, 0.1) is 5.92 Å². The zero-order valence-corrected chi connectivity index (χ0v) is 19.8. The van der Waals surface area contributed by atoms with Crippen molar-refractivity contribution in [1.82, 2.24) is 15.2 Å². The Morgan fingerprint density at radius 1 is 1.21 bits per heavy atom. The van der Waals surface area contributed by atoms with Gasteiger partial charge in [-0.1, -0.05) is 48.6 Å². The van der Waals surface area contributed by atoms with E-state index < -0.39 is 0 Å². The molecule has 0 unspecified atom stereocenters. The largest absolute Gasteiger partial charge is 0.485 e. The van der Waals surface area contributed by atoms with Gasteiger partial charge in [0, 0.05) is 19.1 Å². The van der Waals surface area contributed by atoms with E-state index in [4.69, 9.17) is 9.47 Å². The van der Waals surface area contributed by atoms with E-state index in [2.05, 4.69) is 29.4 Å². The second-order valence-electron chi connectivity index (χ2n) is 8.83. The summed E-state index contributed by atoms with van der Waals surface area (Å²) >= 11 is 1.30. The number of carbonyl (C=O) groups excluding carboxylic acids is 1. The first-order valence-corrected chi connectivity index (χ1v) is 12.4. The van der Waals surface area contributed by atoms with Gasteiger partial charge >= 0.3 is 0 Å². The smallest absolute Gasteiger partial charge is 0.279 e. The van der Waals surface area contributed by atoms with Crippen molar-refractivity contribution in [2.24, 2.45) is 5.92 Å². The number of hydrogen-bond donors (Lipinski definition) is 1. The molecule has 3 aromatic rings. The van der Waals surface area contributed by atoms with E-state index in [0.29, 0.717) is 27.8 Å². The molecule has 2 aliphatic heterocycles. The topological polar surface area (TPSA) is 63.7 Å². The third-order valence-corrected chi connectivity index (χ3v) is 7.53. The highest BCUT2D eigenvalue weighted by molar-refractivity contribution is 7.15. The van der Waals surface area contributed by atoms with Crippen LogP contribution in [0.3, 0.4) is 0 Å². The van der Waals surface area contributed by atoms with Gasteiger partial charge in [-0.05, 0) is 61.6 Å². The third-order valence-electron chi connectivity index (χ3n) is 6.67. The highest BCUT2D eigenvalue weighted by Crippen LogP contribution is 2.38. The van der Waals surface area contributed by atoms with E-state index in [-0.39, 0.29) is 12.0 Å². The molecular formula is C26H29N3O3S. The lowest BCUT2D eigenvalue weighted by molar-refractivity contribution is 0.0659. The van der Waals surface area contributed by atoms with Crippen LogP contribution in [0.1, 0.15) is 46.7 Å². The van der Waals surface area contributed by atoms with Crippen molar-refractivity contribution in [3.8, 4) is 16.7 Å². The summed E-state index contributed by atoms with van der Waals surface area (Å²) in [7, 11) is 1.96. The number of ether oxygens (including phenoxy) is 2. The number of likely N-dealkylation sites (tertiary alicyclic amines) is 1. The Balaban J connectivity index is 1.24. The van der Waals surface area contributed by atoms with Gasteiger partial charge in [0.15, 0.2) is 0 Å². The Labute approximate surface area is 198 Å². The second kappa shape index (κ2) is 9.53. The Morgan fingerprint density at radius 2 is 2.06 bits per heavy atom. The van der Waals surface area contributed by atoms with E-state index in [9.17, 15) is 4.79 Å². The molecule has 1 saturated heterocycles. The standard InChI is InChI=1S/C26H29N3O3S/c1-17-12-13-29(16-21(17)27-2)25(30)24-15-28-26(33-24)31-20-9-11-23-19(14-20)8-10-22(32-23)18-6-4-3-5-7-18/h3-7,9,11,14-15,17,21-22,27H,8,10,12-13,16H2,1-2H3/t17-,21+,22+/m1/s1. The van der Waals surface area contributed by atoms with Gasteiger partial charge in [0.05, 0.1) is 6.20 Å². The van der Waals surface area contributed by atoms with Gasteiger partial charge < -0.3 is 19.7 Å². The van der Waals surface area contributed by atoms with Gasteiger partial charge in [-0.3, -0.25) is 4.79 Å². The number of amides is 1. The quantitative estimate of drug-likeness (QED) is 0.572. The minimum atomic E-state index is 0.0281. The summed E-state index contributed by atoms with van der Waals surface area (Å²) in [4.78, 5) is 19.8. The zero-order chi connectivity index (χ0) is 22.8. The van der Waals surface area contributed by atoms with Crippen molar-refractivity contribution in [2.75, 3.05) is 20.1 Å². The van der Waals surface area contributed by atoms with Crippen molar-refractivity contribution in [2.45, 2.75) is 38.3 Å². The number of carbonyl (C=O) groups is 1. The molecular weight excluding hydrogens is 434 g/mol. The summed E-state index contributed by atoms with van der Waals surface area (Å²) in [5, 5.41) is 3.80. The molecule has 0 saturated carbocycles. The maximum Gasteiger partial charge on any atom is 0.279 e. The Bertz CT molecular complexity index is 1120. The van der Waals surface area contributed by atoms with Crippen LogP contribution in [0.2, 0.25) is 0 Å². The van der Waals surface area contributed by atoms with E-state index in [0.717, 1.165) is 43.7 Å². The molecule has 2 aliphatic rings. The normalized spacial score (nSPS) is 22.4. The molecule has 1 fully saturated rings. The van der Waals surface area contributed by atoms with Crippen molar-refractivity contribution in [3.63, 3.8) is 0 Å². The predicted molar refractivity (Wildman–Crippen MR) is 129 cm³/mol. The molecule has 3 heterocycles. The second-order valence-corrected chi connectivity index (χ2v) is 9.82. The van der Waals surface area contributed by atoms with Gasteiger partial charge in [0.1, 0.15) is 22.5 Å². The predicted octanol–water partition coefficient (Wildman–Crippen LogP) is 5.07. The van der Waals surface area contributed by atoms with Crippen LogP contribution in [0.4, 0.5) is 0 Å². The summed E-state index contributed by atoms with van der Waals surface area (Å²) < 4.78 is 12.2. The maximum atomic E-state index is 13.0. The lowest BCUT2D eigenvalue weighted by Gasteiger charge is -2.36. The molecule has 1 N–H and O–H groups in total. The highest BCUT2D eigenvalue weighted by Gasteiger charge is 2.29. The molecule has 0 radical (unpaired) electrons. The first kappa shape index (κ1) is 21.9. The fourth-order valence-electron chi connectivity index (χ4n) is 4.62. The van der Waals surface area contributed by atoms with Crippen LogP contribution in [0.5, 0.6) is 16.7 Å². The molecule has 2 aromatic carbocycles. The minimum Gasteiger partial charge on any atom is -0.485 e. The molecule has 0 bridgehead atoms. The molecule has 1 amide bonds. The van der Waals surface area contributed by atoms with Crippen molar-refractivity contribution in [3.05, 3.63) is 70.7 Å². The summed E-state index contributed by atoms with van der Waals surface area (Å²) in [6.45, 7) is 3.73. The molecule has 0 aliphatic carbocycles. The number of rotatable bonds is 5. The monoisotopic (exact) mass is 463 g/mol. The van der Waals surface area contributed by atoms with Crippen molar-refractivity contribution in [1.29, 1.82) is 0 Å². The Kier molecular flexibility index (Phi) is 6.33.